The lowest BCUT2D eigenvalue weighted by atomic mass is 9.96. The van der Waals surface area contributed by atoms with Crippen molar-refractivity contribution >= 4 is 23.5 Å². The highest BCUT2D eigenvalue weighted by Gasteiger charge is 2.30. The Balaban J connectivity index is 1.46. The van der Waals surface area contributed by atoms with E-state index in [0.717, 1.165) is 36.9 Å². The summed E-state index contributed by atoms with van der Waals surface area (Å²) in [6, 6.07) is 7.63. The summed E-state index contributed by atoms with van der Waals surface area (Å²) in [4.78, 5) is 37.3. The Morgan fingerprint density at radius 2 is 1.92 bits per heavy atom. The van der Waals surface area contributed by atoms with E-state index in [-0.39, 0.29) is 19.1 Å². The zero-order valence-corrected chi connectivity index (χ0v) is 14.3. The monoisotopic (exact) mass is 344 g/mol. The summed E-state index contributed by atoms with van der Waals surface area (Å²) in [5.41, 5.74) is 1.64. The Bertz CT molecular complexity index is 653. The Morgan fingerprint density at radius 3 is 2.72 bits per heavy atom. The summed E-state index contributed by atoms with van der Waals surface area (Å²) >= 11 is 0. The van der Waals surface area contributed by atoms with Crippen LogP contribution in [0.5, 0.6) is 0 Å². The number of Topliss-reactive ketones (excluding diaryl/α,β-unsaturated/α-hetero) is 1. The molecule has 0 unspecified atom stereocenters. The van der Waals surface area contributed by atoms with Crippen LogP contribution in [0.3, 0.4) is 0 Å². The summed E-state index contributed by atoms with van der Waals surface area (Å²) in [6.07, 6.45) is 5.81. The van der Waals surface area contributed by atoms with Gasteiger partial charge in [-0.2, -0.15) is 0 Å². The summed E-state index contributed by atoms with van der Waals surface area (Å²) in [5, 5.41) is 2.89. The van der Waals surface area contributed by atoms with Gasteiger partial charge in [0, 0.05) is 24.7 Å². The molecule has 25 heavy (non-hydrogen) atoms. The predicted octanol–water partition coefficient (Wildman–Crippen LogP) is 2.59. The number of para-hydroxylation sites is 1. The largest absolute Gasteiger partial charge is 0.449 e. The number of hydrogen-bond donors (Lipinski definition) is 1. The minimum absolute atomic E-state index is 0.159. The maximum atomic E-state index is 12.1. The molecule has 0 atom stereocenters. The maximum absolute atomic E-state index is 12.1. The molecule has 3 rings (SSSR count). The van der Waals surface area contributed by atoms with Gasteiger partial charge < -0.3 is 15.0 Å². The summed E-state index contributed by atoms with van der Waals surface area (Å²) in [7, 11) is 0. The number of carbonyl (C=O) groups is 3. The Hall–Kier alpha value is -2.37. The van der Waals surface area contributed by atoms with Crippen LogP contribution in [0.4, 0.5) is 10.5 Å². The SMILES string of the molecule is O=C(NC1CCCCC1)OCCCN1C(=O)C(=O)Cc2ccccc21. The normalized spacial score (nSPS) is 18.0. The molecule has 1 N–H and O–H groups in total. The topological polar surface area (TPSA) is 75.7 Å². The second-order valence-corrected chi connectivity index (χ2v) is 6.65. The van der Waals surface area contributed by atoms with Crippen molar-refractivity contribution in [3.05, 3.63) is 29.8 Å². The fourth-order valence-corrected chi connectivity index (χ4v) is 3.50. The molecular formula is C19H24N2O4. The molecule has 2 aliphatic rings. The molecule has 1 aromatic carbocycles. The quantitative estimate of drug-likeness (QED) is 0.658. The van der Waals surface area contributed by atoms with Gasteiger partial charge in [-0.25, -0.2) is 4.79 Å². The fraction of sp³-hybridized carbons (Fsp3) is 0.526. The highest BCUT2D eigenvalue weighted by Crippen LogP contribution is 2.26. The van der Waals surface area contributed by atoms with Crippen molar-refractivity contribution in [2.24, 2.45) is 0 Å². The molecule has 1 heterocycles. The number of amides is 2. The molecule has 0 saturated heterocycles. The van der Waals surface area contributed by atoms with Crippen LogP contribution in [0.2, 0.25) is 0 Å². The van der Waals surface area contributed by atoms with E-state index < -0.39 is 17.8 Å². The van der Waals surface area contributed by atoms with E-state index in [4.69, 9.17) is 4.74 Å². The van der Waals surface area contributed by atoms with Gasteiger partial charge >= 0.3 is 6.09 Å². The minimum atomic E-state index is -0.481. The van der Waals surface area contributed by atoms with Gasteiger partial charge in [-0.3, -0.25) is 9.59 Å². The third-order valence-electron chi connectivity index (χ3n) is 4.80. The number of rotatable bonds is 5. The first-order valence-corrected chi connectivity index (χ1v) is 9.01. The Kier molecular flexibility index (Phi) is 5.68. The molecule has 1 aliphatic heterocycles. The number of hydrogen-bond acceptors (Lipinski definition) is 4. The number of alkyl carbamates (subject to hydrolysis) is 1. The first kappa shape index (κ1) is 17.5. The zero-order valence-electron chi connectivity index (χ0n) is 14.3. The van der Waals surface area contributed by atoms with Crippen molar-refractivity contribution in [3.8, 4) is 0 Å². The third kappa shape index (κ3) is 4.38. The van der Waals surface area contributed by atoms with Crippen molar-refractivity contribution < 1.29 is 19.1 Å². The lowest BCUT2D eigenvalue weighted by molar-refractivity contribution is -0.136. The van der Waals surface area contributed by atoms with Gasteiger partial charge in [0.1, 0.15) is 0 Å². The van der Waals surface area contributed by atoms with Crippen LogP contribution in [0.15, 0.2) is 24.3 Å². The highest BCUT2D eigenvalue weighted by atomic mass is 16.5. The van der Waals surface area contributed by atoms with Crippen LogP contribution < -0.4 is 10.2 Å². The number of fused-ring (bicyclic) bond motifs is 1. The van der Waals surface area contributed by atoms with E-state index >= 15 is 0 Å². The van der Waals surface area contributed by atoms with Crippen LogP contribution in [-0.2, 0) is 20.7 Å². The number of nitrogens with one attached hydrogen (secondary N) is 1. The molecule has 0 bridgehead atoms. The number of nitrogens with zero attached hydrogens (tertiary/aromatic N) is 1. The van der Waals surface area contributed by atoms with E-state index in [1.54, 1.807) is 0 Å². The minimum Gasteiger partial charge on any atom is -0.449 e. The van der Waals surface area contributed by atoms with Crippen molar-refractivity contribution in [2.75, 3.05) is 18.1 Å². The lowest BCUT2D eigenvalue weighted by Gasteiger charge is -2.28. The van der Waals surface area contributed by atoms with Gasteiger partial charge in [0.15, 0.2) is 0 Å². The number of ketones is 1. The van der Waals surface area contributed by atoms with Crippen LogP contribution in [0, 0.1) is 0 Å². The molecule has 0 aromatic heterocycles. The van der Waals surface area contributed by atoms with E-state index in [0.29, 0.717) is 13.0 Å². The predicted molar refractivity (Wildman–Crippen MR) is 93.5 cm³/mol. The second-order valence-electron chi connectivity index (χ2n) is 6.65. The molecule has 6 nitrogen and oxygen atoms in total. The summed E-state index contributed by atoms with van der Waals surface area (Å²) in [6.45, 7) is 0.580. The van der Waals surface area contributed by atoms with Crippen LogP contribution >= 0.6 is 0 Å². The first-order chi connectivity index (χ1) is 12.1. The van der Waals surface area contributed by atoms with E-state index in [1.165, 1.54) is 11.3 Å². The first-order valence-electron chi connectivity index (χ1n) is 9.01. The molecule has 1 aromatic rings. The van der Waals surface area contributed by atoms with Crippen molar-refractivity contribution in [1.29, 1.82) is 0 Å². The Labute approximate surface area is 147 Å². The van der Waals surface area contributed by atoms with Gasteiger partial charge in [0.05, 0.1) is 6.61 Å². The van der Waals surface area contributed by atoms with Crippen LogP contribution in [0.25, 0.3) is 0 Å². The van der Waals surface area contributed by atoms with Gasteiger partial charge in [-0.1, -0.05) is 37.5 Å². The van der Waals surface area contributed by atoms with Gasteiger partial charge in [0.2, 0.25) is 5.78 Å². The fourth-order valence-electron chi connectivity index (χ4n) is 3.50. The standard InChI is InChI=1S/C19H24N2O4/c22-17-13-14-7-4-5-10-16(14)21(18(17)23)11-6-12-25-19(24)20-15-8-2-1-3-9-15/h4-5,7,10,15H,1-3,6,8-9,11-13H2,(H,20,24). The molecule has 6 heteroatoms. The van der Waals surface area contributed by atoms with Gasteiger partial charge in [0.25, 0.3) is 5.91 Å². The van der Waals surface area contributed by atoms with Crippen molar-refractivity contribution in [1.82, 2.24) is 5.32 Å². The molecule has 1 fully saturated rings. The highest BCUT2D eigenvalue weighted by molar-refractivity contribution is 6.43. The van der Waals surface area contributed by atoms with Gasteiger partial charge in [-0.15, -0.1) is 0 Å². The lowest BCUT2D eigenvalue weighted by Crippen LogP contribution is -2.42. The molecule has 134 valence electrons. The second kappa shape index (κ2) is 8.14. The van der Waals surface area contributed by atoms with Crippen molar-refractivity contribution in [3.63, 3.8) is 0 Å². The Morgan fingerprint density at radius 1 is 1.16 bits per heavy atom. The zero-order chi connectivity index (χ0) is 17.6. The van der Waals surface area contributed by atoms with E-state index in [9.17, 15) is 14.4 Å². The molecule has 0 spiro atoms. The number of carbonyl (C=O) groups excluding carboxylic acids is 3. The van der Waals surface area contributed by atoms with E-state index in [2.05, 4.69) is 5.32 Å². The number of benzene rings is 1. The molecule has 1 aliphatic carbocycles. The average Bonchev–Trinajstić information content (AvgIpc) is 2.62. The van der Waals surface area contributed by atoms with Crippen LogP contribution in [-0.4, -0.2) is 37.0 Å². The van der Waals surface area contributed by atoms with Crippen molar-refractivity contribution in [2.45, 2.75) is 51.0 Å². The van der Waals surface area contributed by atoms with E-state index in [1.807, 2.05) is 24.3 Å². The number of ether oxygens (including phenoxy) is 1. The average molecular weight is 344 g/mol. The molecule has 0 radical (unpaired) electrons. The number of anilines is 1. The molecule has 1 saturated carbocycles. The summed E-state index contributed by atoms with van der Waals surface area (Å²) < 4.78 is 5.21. The smallest absolute Gasteiger partial charge is 0.407 e. The molecular weight excluding hydrogens is 320 g/mol. The molecule has 2 amide bonds. The summed E-state index contributed by atoms with van der Waals surface area (Å²) in [5.74, 6) is -0.875. The third-order valence-corrected chi connectivity index (χ3v) is 4.80. The van der Waals surface area contributed by atoms with Crippen LogP contribution in [0.1, 0.15) is 44.1 Å². The van der Waals surface area contributed by atoms with Gasteiger partial charge in [-0.05, 0) is 30.9 Å². The maximum Gasteiger partial charge on any atom is 0.407 e.